The van der Waals surface area contributed by atoms with Gasteiger partial charge in [-0.3, -0.25) is 0 Å². The maximum atomic E-state index is 11.3. The molecule has 0 fully saturated rings. The molecule has 0 unspecified atom stereocenters. The largest absolute Gasteiger partial charge is 0.459 e. The fraction of sp³-hybridized carbons (Fsp3) is 0.444. The molecular formula is C9H10N4O3S. The molecule has 0 aliphatic rings. The normalized spacial score (nSPS) is 10.5. The third-order valence-electron chi connectivity index (χ3n) is 1.96. The number of nitrogens with zero attached hydrogens (tertiary/aromatic N) is 4. The summed E-state index contributed by atoms with van der Waals surface area (Å²) in [5.74, 6) is -0.529. The van der Waals surface area contributed by atoms with E-state index in [9.17, 15) is 4.79 Å². The minimum atomic E-state index is -0.623. The molecule has 2 heterocycles. The van der Waals surface area contributed by atoms with Crippen LogP contribution in [0.3, 0.4) is 0 Å². The molecule has 0 aliphatic carbocycles. The quantitative estimate of drug-likeness (QED) is 0.760. The fourth-order valence-electron chi connectivity index (χ4n) is 1.19. The van der Waals surface area contributed by atoms with Gasteiger partial charge < -0.3 is 9.15 Å². The summed E-state index contributed by atoms with van der Waals surface area (Å²) in [6, 6.07) is 0. The number of rotatable bonds is 4. The second kappa shape index (κ2) is 5.00. The molecule has 90 valence electrons. The van der Waals surface area contributed by atoms with Gasteiger partial charge in [0.2, 0.25) is 0 Å². The first-order chi connectivity index (χ1) is 8.26. The van der Waals surface area contributed by atoms with Gasteiger partial charge in [0.1, 0.15) is 4.88 Å². The maximum Gasteiger partial charge on any atom is 0.396 e. The van der Waals surface area contributed by atoms with Crippen LogP contribution in [0.2, 0.25) is 0 Å². The van der Waals surface area contributed by atoms with Crippen molar-refractivity contribution in [1.29, 1.82) is 0 Å². The lowest BCUT2D eigenvalue weighted by molar-refractivity contribution is 0.0481. The van der Waals surface area contributed by atoms with Crippen molar-refractivity contribution >= 4 is 17.5 Å². The molecule has 0 aromatic carbocycles. The zero-order chi connectivity index (χ0) is 12.3. The van der Waals surface area contributed by atoms with E-state index in [1.165, 1.54) is 0 Å². The van der Waals surface area contributed by atoms with Crippen LogP contribution in [0, 0.1) is 0 Å². The van der Waals surface area contributed by atoms with Gasteiger partial charge in [0, 0.05) is 0 Å². The van der Waals surface area contributed by atoms with E-state index in [-0.39, 0.29) is 18.4 Å². The number of ether oxygens (including phenoxy) is 1. The minimum Gasteiger partial charge on any atom is -0.459 e. The Balaban J connectivity index is 2.27. The van der Waals surface area contributed by atoms with Crippen LogP contribution < -0.4 is 0 Å². The van der Waals surface area contributed by atoms with Crippen molar-refractivity contribution in [1.82, 2.24) is 19.8 Å². The van der Waals surface area contributed by atoms with Crippen molar-refractivity contribution in [3.8, 4) is 10.8 Å². The average Bonchev–Trinajstić information content (AvgIpc) is 2.97. The Hall–Kier alpha value is -1.83. The van der Waals surface area contributed by atoms with Gasteiger partial charge >= 0.3 is 11.9 Å². The summed E-state index contributed by atoms with van der Waals surface area (Å²) in [5, 5.41) is 11.3. The van der Waals surface area contributed by atoms with Crippen LogP contribution in [0.4, 0.5) is 0 Å². The Morgan fingerprint density at radius 3 is 2.88 bits per heavy atom. The van der Waals surface area contributed by atoms with Gasteiger partial charge in [-0.25, -0.2) is 4.79 Å². The maximum absolute atomic E-state index is 11.3. The first-order valence-electron chi connectivity index (χ1n) is 5.08. The molecule has 8 heteroatoms. The van der Waals surface area contributed by atoms with E-state index in [4.69, 9.17) is 9.15 Å². The van der Waals surface area contributed by atoms with E-state index in [1.807, 2.05) is 6.92 Å². The standard InChI is InChI=1S/C9H10N4O3S/c1-3-5-6(17-13-10-5)7-11-12-8(16-7)9(14)15-4-2/h3-4H2,1-2H3. The Morgan fingerprint density at radius 1 is 1.35 bits per heavy atom. The van der Waals surface area contributed by atoms with Crippen LogP contribution in [0.5, 0.6) is 0 Å². The predicted octanol–water partition coefficient (Wildman–Crippen LogP) is 1.33. The molecule has 0 N–H and O–H groups in total. The molecule has 17 heavy (non-hydrogen) atoms. The highest BCUT2D eigenvalue weighted by molar-refractivity contribution is 7.09. The molecular weight excluding hydrogens is 244 g/mol. The number of aromatic nitrogens is 4. The number of esters is 1. The van der Waals surface area contributed by atoms with Crippen LogP contribution in [0.25, 0.3) is 10.8 Å². The second-order valence-electron chi connectivity index (χ2n) is 3.04. The Labute approximate surface area is 101 Å². The van der Waals surface area contributed by atoms with Crippen LogP contribution in [0.15, 0.2) is 4.42 Å². The summed E-state index contributed by atoms with van der Waals surface area (Å²) < 4.78 is 13.8. The Kier molecular flexibility index (Phi) is 3.43. The Bertz CT molecular complexity index is 522. The lowest BCUT2D eigenvalue weighted by Gasteiger charge is -1.94. The van der Waals surface area contributed by atoms with Crippen LogP contribution >= 0.6 is 11.5 Å². The zero-order valence-corrected chi connectivity index (χ0v) is 10.2. The molecule has 0 bridgehead atoms. The van der Waals surface area contributed by atoms with Gasteiger partial charge in [0.05, 0.1) is 12.3 Å². The van der Waals surface area contributed by atoms with E-state index >= 15 is 0 Å². The van der Waals surface area contributed by atoms with Gasteiger partial charge in [-0.05, 0) is 24.9 Å². The number of hydrogen-bond acceptors (Lipinski definition) is 8. The van der Waals surface area contributed by atoms with Gasteiger partial charge in [-0.1, -0.05) is 11.4 Å². The third-order valence-corrected chi connectivity index (χ3v) is 2.72. The van der Waals surface area contributed by atoms with Crippen molar-refractivity contribution < 1.29 is 13.9 Å². The van der Waals surface area contributed by atoms with Crippen molar-refractivity contribution in [2.24, 2.45) is 0 Å². The first kappa shape index (κ1) is 11.6. The molecule has 2 aromatic rings. The lowest BCUT2D eigenvalue weighted by Crippen LogP contribution is -2.04. The third kappa shape index (κ3) is 2.31. The molecule has 0 aliphatic heterocycles. The van der Waals surface area contributed by atoms with Gasteiger partial charge in [-0.15, -0.1) is 15.3 Å². The first-order valence-corrected chi connectivity index (χ1v) is 5.85. The number of carbonyl (C=O) groups excluding carboxylic acids is 1. The summed E-state index contributed by atoms with van der Waals surface area (Å²) in [5.41, 5.74) is 0.772. The van der Waals surface area contributed by atoms with Crippen LogP contribution in [0.1, 0.15) is 30.2 Å². The van der Waals surface area contributed by atoms with Crippen molar-refractivity contribution in [3.63, 3.8) is 0 Å². The molecule has 7 nitrogen and oxygen atoms in total. The molecule has 2 aromatic heterocycles. The molecule has 0 saturated carbocycles. The van der Waals surface area contributed by atoms with Crippen molar-refractivity contribution in [3.05, 3.63) is 11.6 Å². The summed E-state index contributed by atoms with van der Waals surface area (Å²) in [6.45, 7) is 3.92. The summed E-state index contributed by atoms with van der Waals surface area (Å²) >= 11 is 1.16. The average molecular weight is 254 g/mol. The van der Waals surface area contributed by atoms with Crippen LogP contribution in [-0.2, 0) is 11.2 Å². The molecule has 0 atom stereocenters. The topological polar surface area (TPSA) is 91.0 Å². The molecule has 2 rings (SSSR count). The highest BCUT2D eigenvalue weighted by Crippen LogP contribution is 2.25. The lowest BCUT2D eigenvalue weighted by atomic mass is 10.3. The van der Waals surface area contributed by atoms with Gasteiger partial charge in [-0.2, -0.15) is 0 Å². The smallest absolute Gasteiger partial charge is 0.396 e. The van der Waals surface area contributed by atoms with E-state index in [0.717, 1.165) is 17.2 Å². The monoisotopic (exact) mass is 254 g/mol. The predicted molar refractivity (Wildman–Crippen MR) is 58.5 cm³/mol. The fourth-order valence-corrected chi connectivity index (χ4v) is 1.86. The van der Waals surface area contributed by atoms with Crippen LogP contribution in [-0.4, -0.2) is 32.4 Å². The molecule has 0 spiro atoms. The van der Waals surface area contributed by atoms with E-state index in [0.29, 0.717) is 11.3 Å². The van der Waals surface area contributed by atoms with Gasteiger partial charge in [0.15, 0.2) is 0 Å². The number of hydrogen-bond donors (Lipinski definition) is 0. The zero-order valence-electron chi connectivity index (χ0n) is 9.34. The molecule has 0 radical (unpaired) electrons. The Morgan fingerprint density at radius 2 is 2.18 bits per heavy atom. The molecule has 0 saturated heterocycles. The summed E-state index contributed by atoms with van der Waals surface area (Å²) in [6.07, 6.45) is 0.711. The summed E-state index contributed by atoms with van der Waals surface area (Å²) in [4.78, 5) is 12.0. The van der Waals surface area contributed by atoms with E-state index in [1.54, 1.807) is 6.92 Å². The summed E-state index contributed by atoms with van der Waals surface area (Å²) in [7, 11) is 0. The van der Waals surface area contributed by atoms with Crippen molar-refractivity contribution in [2.45, 2.75) is 20.3 Å². The van der Waals surface area contributed by atoms with Crippen molar-refractivity contribution in [2.75, 3.05) is 6.61 Å². The highest BCUT2D eigenvalue weighted by atomic mass is 32.1. The SMILES string of the molecule is CCOC(=O)c1nnc(-c2snnc2CC)o1. The van der Waals surface area contributed by atoms with E-state index < -0.39 is 5.97 Å². The second-order valence-corrected chi connectivity index (χ2v) is 3.79. The number of carbonyl (C=O) groups is 1. The minimum absolute atomic E-state index is 0.155. The van der Waals surface area contributed by atoms with Gasteiger partial charge in [0.25, 0.3) is 5.89 Å². The number of aryl methyl sites for hydroxylation is 1. The highest BCUT2D eigenvalue weighted by Gasteiger charge is 2.20. The van der Waals surface area contributed by atoms with E-state index in [2.05, 4.69) is 19.8 Å². The molecule has 0 amide bonds.